The summed E-state index contributed by atoms with van der Waals surface area (Å²) in [5, 5.41) is 22.0. The Kier molecular flexibility index (Phi) is 2.90. The minimum Gasteiger partial charge on any atom is -0.508 e. The van der Waals surface area contributed by atoms with E-state index in [9.17, 15) is 10.3 Å². The van der Waals surface area contributed by atoms with Crippen LogP contribution < -0.4 is 0 Å². The molecule has 3 rings (SSSR count). The highest BCUT2D eigenvalue weighted by molar-refractivity contribution is 9.12. The molecule has 1 saturated carbocycles. The summed E-state index contributed by atoms with van der Waals surface area (Å²) in [7, 11) is 0. The van der Waals surface area contributed by atoms with Gasteiger partial charge < -0.3 is 10.3 Å². The number of nitrogens with zero attached hydrogens (tertiary/aromatic N) is 1. The van der Waals surface area contributed by atoms with Gasteiger partial charge in [-0.25, -0.2) is 0 Å². The molecule has 0 bridgehead atoms. The number of halogens is 1. The van der Waals surface area contributed by atoms with Crippen LogP contribution in [0, 0.1) is 11.8 Å². The van der Waals surface area contributed by atoms with Gasteiger partial charge in [0, 0.05) is 10.4 Å². The van der Waals surface area contributed by atoms with E-state index in [1.54, 1.807) is 12.1 Å². The van der Waals surface area contributed by atoms with Crippen LogP contribution in [0.3, 0.4) is 0 Å². The highest BCUT2D eigenvalue weighted by atomic mass is 79.9. The second kappa shape index (κ2) is 4.43. The van der Waals surface area contributed by atoms with Crippen molar-refractivity contribution in [3.05, 3.63) is 34.3 Å². The molecule has 1 aromatic rings. The van der Waals surface area contributed by atoms with Crippen LogP contribution in [-0.2, 0) is 0 Å². The Morgan fingerprint density at radius 2 is 1.78 bits per heavy atom. The number of aromatic hydroxyl groups is 1. The molecule has 2 aliphatic carbocycles. The van der Waals surface area contributed by atoms with Crippen LogP contribution in [0.5, 0.6) is 5.75 Å². The first kappa shape index (κ1) is 11.8. The Hall–Kier alpha value is -1.29. The zero-order valence-corrected chi connectivity index (χ0v) is 11.4. The van der Waals surface area contributed by atoms with Crippen LogP contribution in [-0.4, -0.2) is 16.0 Å². The maximum absolute atomic E-state index is 9.36. The van der Waals surface area contributed by atoms with Crippen LogP contribution in [0.4, 0.5) is 0 Å². The number of hydrogen-bond donors (Lipinski definition) is 2. The van der Waals surface area contributed by atoms with Gasteiger partial charge in [0.2, 0.25) is 0 Å². The number of phenolic OH excluding ortho intramolecular Hbond substituents is 1. The zero-order chi connectivity index (χ0) is 12.7. The molecule has 4 heteroatoms. The van der Waals surface area contributed by atoms with Gasteiger partial charge in [0.25, 0.3) is 0 Å². The predicted octanol–water partition coefficient (Wildman–Crippen LogP) is 3.76. The van der Waals surface area contributed by atoms with Crippen LogP contribution in [0.2, 0.25) is 0 Å². The standard InChI is InChI=1S/C14H14BrNO2/c15-13-12(8-4-6-9(17)7-5-8)10-2-1-3-11(10)14(13)16-18/h4-7,10-11,17-18H,1-3H2/b16-14+. The molecule has 2 aliphatic rings. The Balaban J connectivity index is 2.09. The molecule has 3 nitrogen and oxygen atoms in total. The average Bonchev–Trinajstić information content (AvgIpc) is 2.90. The van der Waals surface area contributed by atoms with Crippen molar-refractivity contribution in [2.75, 3.05) is 0 Å². The summed E-state index contributed by atoms with van der Waals surface area (Å²) < 4.78 is 0.922. The molecular formula is C14H14BrNO2. The molecule has 2 unspecified atom stereocenters. The van der Waals surface area contributed by atoms with Crippen molar-refractivity contribution in [2.45, 2.75) is 19.3 Å². The van der Waals surface area contributed by atoms with Gasteiger partial charge >= 0.3 is 0 Å². The fourth-order valence-corrected chi connectivity index (χ4v) is 4.09. The van der Waals surface area contributed by atoms with Gasteiger partial charge in [0.05, 0.1) is 5.71 Å². The van der Waals surface area contributed by atoms with Crippen LogP contribution in [0.1, 0.15) is 24.8 Å². The smallest absolute Gasteiger partial charge is 0.115 e. The fourth-order valence-electron chi connectivity index (χ4n) is 3.20. The van der Waals surface area contributed by atoms with Crippen molar-refractivity contribution in [2.24, 2.45) is 17.0 Å². The number of rotatable bonds is 1. The molecule has 2 atom stereocenters. The molecule has 0 radical (unpaired) electrons. The van der Waals surface area contributed by atoms with E-state index in [-0.39, 0.29) is 5.75 Å². The molecule has 1 aromatic carbocycles. The molecule has 0 heterocycles. The number of benzene rings is 1. The van der Waals surface area contributed by atoms with Crippen molar-refractivity contribution >= 4 is 27.2 Å². The molecule has 0 spiro atoms. The lowest BCUT2D eigenvalue weighted by Gasteiger charge is -2.13. The number of allylic oxidation sites excluding steroid dienone is 2. The predicted molar refractivity (Wildman–Crippen MR) is 74.0 cm³/mol. The summed E-state index contributed by atoms with van der Waals surface area (Å²) in [6, 6.07) is 7.23. The van der Waals surface area contributed by atoms with Gasteiger partial charge in [-0.15, -0.1) is 0 Å². The lowest BCUT2D eigenvalue weighted by molar-refractivity contribution is 0.315. The maximum atomic E-state index is 9.36. The third-order valence-corrected chi connectivity index (χ3v) is 4.82. The first-order chi connectivity index (χ1) is 8.72. The average molecular weight is 308 g/mol. The maximum Gasteiger partial charge on any atom is 0.115 e. The molecule has 0 amide bonds. The lowest BCUT2D eigenvalue weighted by Crippen LogP contribution is -2.11. The highest BCUT2D eigenvalue weighted by Crippen LogP contribution is 2.51. The first-order valence-corrected chi connectivity index (χ1v) is 6.93. The van der Waals surface area contributed by atoms with Gasteiger partial charge in [0.15, 0.2) is 0 Å². The third-order valence-electron chi connectivity index (χ3n) is 3.99. The molecule has 94 valence electrons. The van der Waals surface area contributed by atoms with Crippen LogP contribution in [0.15, 0.2) is 33.9 Å². The lowest BCUT2D eigenvalue weighted by atomic mass is 9.90. The van der Waals surface area contributed by atoms with Crippen molar-refractivity contribution in [3.8, 4) is 5.75 Å². The molecule has 2 N–H and O–H groups in total. The van der Waals surface area contributed by atoms with Crippen molar-refractivity contribution in [3.63, 3.8) is 0 Å². The topological polar surface area (TPSA) is 52.8 Å². The molecular weight excluding hydrogens is 294 g/mol. The van der Waals surface area contributed by atoms with Gasteiger partial charge in [-0.05, 0) is 58.0 Å². The molecule has 18 heavy (non-hydrogen) atoms. The number of phenols is 1. The second-order valence-electron chi connectivity index (χ2n) is 4.90. The number of oxime groups is 1. The summed E-state index contributed by atoms with van der Waals surface area (Å²) in [5.74, 6) is 1.05. The minimum absolute atomic E-state index is 0.271. The summed E-state index contributed by atoms with van der Waals surface area (Å²) in [5.41, 5.74) is 3.08. The van der Waals surface area contributed by atoms with Crippen molar-refractivity contribution in [1.29, 1.82) is 0 Å². The highest BCUT2D eigenvalue weighted by Gasteiger charge is 2.42. The molecule has 0 saturated heterocycles. The summed E-state index contributed by atoms with van der Waals surface area (Å²) in [6.07, 6.45) is 3.39. The number of hydrogen-bond acceptors (Lipinski definition) is 3. The molecule has 0 aromatic heterocycles. The Morgan fingerprint density at radius 3 is 2.44 bits per heavy atom. The van der Waals surface area contributed by atoms with E-state index in [0.29, 0.717) is 11.8 Å². The Morgan fingerprint density at radius 1 is 1.11 bits per heavy atom. The van der Waals surface area contributed by atoms with Crippen molar-refractivity contribution < 1.29 is 10.3 Å². The van der Waals surface area contributed by atoms with E-state index in [0.717, 1.165) is 28.6 Å². The first-order valence-electron chi connectivity index (χ1n) is 6.13. The Labute approximate surface area is 114 Å². The SMILES string of the molecule is O/N=C1/C(Br)=C(c2ccc(O)cc2)C2CCCC12. The Bertz CT molecular complexity index is 533. The largest absolute Gasteiger partial charge is 0.508 e. The van der Waals surface area contributed by atoms with Gasteiger partial charge in [0.1, 0.15) is 5.75 Å². The van der Waals surface area contributed by atoms with E-state index in [1.165, 1.54) is 12.0 Å². The quantitative estimate of drug-likeness (QED) is 0.613. The van der Waals surface area contributed by atoms with Crippen LogP contribution in [0.25, 0.3) is 5.57 Å². The molecule has 0 aliphatic heterocycles. The monoisotopic (exact) mass is 307 g/mol. The van der Waals surface area contributed by atoms with E-state index in [2.05, 4.69) is 21.1 Å². The summed E-state index contributed by atoms with van der Waals surface area (Å²) in [6.45, 7) is 0. The third kappa shape index (κ3) is 1.67. The zero-order valence-electron chi connectivity index (χ0n) is 9.81. The second-order valence-corrected chi connectivity index (χ2v) is 5.70. The number of fused-ring (bicyclic) bond motifs is 1. The fraction of sp³-hybridized carbons (Fsp3) is 0.357. The summed E-state index contributed by atoms with van der Waals surface area (Å²) >= 11 is 3.57. The van der Waals surface area contributed by atoms with E-state index < -0.39 is 0 Å². The van der Waals surface area contributed by atoms with Gasteiger partial charge in [-0.3, -0.25) is 0 Å². The van der Waals surface area contributed by atoms with Crippen LogP contribution >= 0.6 is 15.9 Å². The van der Waals surface area contributed by atoms with E-state index in [1.807, 2.05) is 12.1 Å². The summed E-state index contributed by atoms with van der Waals surface area (Å²) in [4.78, 5) is 0. The van der Waals surface area contributed by atoms with E-state index in [4.69, 9.17) is 0 Å². The molecule has 1 fully saturated rings. The minimum atomic E-state index is 0.271. The van der Waals surface area contributed by atoms with E-state index >= 15 is 0 Å². The van der Waals surface area contributed by atoms with Crippen molar-refractivity contribution in [1.82, 2.24) is 0 Å². The van der Waals surface area contributed by atoms with Gasteiger partial charge in [-0.1, -0.05) is 23.7 Å². The van der Waals surface area contributed by atoms with Gasteiger partial charge in [-0.2, -0.15) is 0 Å². The normalized spacial score (nSPS) is 29.1.